The maximum Gasteiger partial charge on any atom is 0.410 e. The van der Waals surface area contributed by atoms with Gasteiger partial charge in [0.05, 0.1) is 5.76 Å². The quantitative estimate of drug-likeness (QED) is 0.654. The minimum Gasteiger partial charge on any atom is -0.495 e. The van der Waals surface area contributed by atoms with E-state index in [4.69, 9.17) is 9.47 Å². The van der Waals surface area contributed by atoms with E-state index in [1.54, 1.807) is 0 Å². The lowest BCUT2D eigenvalue weighted by Gasteiger charge is -2.57. The molecule has 0 radical (unpaired) electrons. The molecule has 0 spiro atoms. The number of likely N-dealkylation sites (tertiary alicyclic amines) is 1. The van der Waals surface area contributed by atoms with Crippen molar-refractivity contribution in [2.24, 2.45) is 23.2 Å². The lowest BCUT2D eigenvalue weighted by Crippen LogP contribution is -2.48. The SMILES string of the molecule is C=C(OC1CCN(C(=O)OC(C)(C)C)CC1)C12CC3CC(CC(C3)C1)C2. The highest BCUT2D eigenvalue weighted by atomic mass is 16.6. The molecule has 0 aromatic heterocycles. The number of piperidine rings is 1. The Kier molecular flexibility index (Phi) is 4.51. The summed E-state index contributed by atoms with van der Waals surface area (Å²) in [5, 5.41) is 0. The molecular formula is C22H35NO3. The molecule has 0 atom stereocenters. The Hall–Kier alpha value is -1.19. The van der Waals surface area contributed by atoms with Crippen LogP contribution in [0, 0.1) is 23.2 Å². The van der Waals surface area contributed by atoms with Gasteiger partial charge in [0.1, 0.15) is 11.7 Å². The normalized spacial score (nSPS) is 36.9. The van der Waals surface area contributed by atoms with Crippen molar-refractivity contribution in [3.8, 4) is 0 Å². The van der Waals surface area contributed by atoms with Crippen LogP contribution < -0.4 is 0 Å². The van der Waals surface area contributed by atoms with E-state index in [0.29, 0.717) is 13.1 Å². The molecule has 1 aliphatic heterocycles. The van der Waals surface area contributed by atoms with Gasteiger partial charge in [0.2, 0.25) is 0 Å². The monoisotopic (exact) mass is 361 g/mol. The van der Waals surface area contributed by atoms with Gasteiger partial charge in [0, 0.05) is 31.3 Å². The largest absolute Gasteiger partial charge is 0.495 e. The number of carbonyl (C=O) groups excluding carboxylic acids is 1. The van der Waals surface area contributed by atoms with Gasteiger partial charge in [0.25, 0.3) is 0 Å². The Labute approximate surface area is 158 Å². The Morgan fingerprint density at radius 2 is 1.50 bits per heavy atom. The molecular weight excluding hydrogens is 326 g/mol. The molecule has 0 aromatic carbocycles. The van der Waals surface area contributed by atoms with Crippen molar-refractivity contribution in [2.45, 2.75) is 83.8 Å². The Bertz CT molecular complexity index is 533. The molecule has 4 nitrogen and oxygen atoms in total. The second-order valence-electron chi connectivity index (χ2n) is 10.4. The van der Waals surface area contributed by atoms with Crippen molar-refractivity contribution in [1.82, 2.24) is 4.90 Å². The van der Waals surface area contributed by atoms with Crippen molar-refractivity contribution in [1.29, 1.82) is 0 Å². The van der Waals surface area contributed by atoms with E-state index in [1.165, 1.54) is 38.5 Å². The van der Waals surface area contributed by atoms with Crippen LogP contribution in [0.4, 0.5) is 4.79 Å². The van der Waals surface area contributed by atoms with Gasteiger partial charge in [-0.25, -0.2) is 4.79 Å². The zero-order chi connectivity index (χ0) is 18.5. The minimum absolute atomic E-state index is 0.198. The molecule has 0 aromatic rings. The summed E-state index contributed by atoms with van der Waals surface area (Å²) in [5.41, 5.74) is -0.172. The maximum atomic E-state index is 12.2. The predicted octanol–water partition coefficient (Wildman–Crippen LogP) is 5.13. The molecule has 0 unspecified atom stereocenters. The Balaban J connectivity index is 1.30. The summed E-state index contributed by atoms with van der Waals surface area (Å²) in [5.74, 6) is 3.80. The first-order valence-corrected chi connectivity index (χ1v) is 10.6. The average molecular weight is 362 g/mol. The van der Waals surface area contributed by atoms with Crippen LogP contribution in [0.2, 0.25) is 0 Å². The number of nitrogens with zero attached hydrogens (tertiary/aromatic N) is 1. The van der Waals surface area contributed by atoms with E-state index in [0.717, 1.165) is 36.4 Å². The minimum atomic E-state index is -0.433. The average Bonchev–Trinajstić information content (AvgIpc) is 2.52. The van der Waals surface area contributed by atoms with Gasteiger partial charge in [-0.2, -0.15) is 0 Å². The Morgan fingerprint density at radius 1 is 1.00 bits per heavy atom. The van der Waals surface area contributed by atoms with Crippen LogP contribution in [0.25, 0.3) is 0 Å². The smallest absolute Gasteiger partial charge is 0.410 e. The first kappa shape index (κ1) is 18.2. The van der Waals surface area contributed by atoms with Crippen LogP contribution in [-0.4, -0.2) is 35.8 Å². The molecule has 1 saturated heterocycles. The van der Waals surface area contributed by atoms with Crippen LogP contribution >= 0.6 is 0 Å². The van der Waals surface area contributed by atoms with Crippen LogP contribution in [0.1, 0.15) is 72.1 Å². The number of hydrogen-bond donors (Lipinski definition) is 0. The molecule has 146 valence electrons. The van der Waals surface area contributed by atoms with E-state index in [-0.39, 0.29) is 17.6 Å². The number of hydrogen-bond acceptors (Lipinski definition) is 3. The highest BCUT2D eigenvalue weighted by Crippen LogP contribution is 2.62. The molecule has 1 heterocycles. The van der Waals surface area contributed by atoms with Gasteiger partial charge in [0.15, 0.2) is 0 Å². The number of carbonyl (C=O) groups is 1. The summed E-state index contributed by atoms with van der Waals surface area (Å²) in [4.78, 5) is 14.0. The van der Waals surface area contributed by atoms with Gasteiger partial charge in [-0.05, 0) is 77.0 Å². The fraction of sp³-hybridized carbons (Fsp3) is 0.864. The third-order valence-electron chi connectivity index (χ3n) is 7.03. The summed E-state index contributed by atoms with van der Waals surface area (Å²) in [7, 11) is 0. The Morgan fingerprint density at radius 3 is 1.96 bits per heavy atom. The van der Waals surface area contributed by atoms with E-state index in [1.807, 2.05) is 25.7 Å². The molecule has 26 heavy (non-hydrogen) atoms. The lowest BCUT2D eigenvalue weighted by molar-refractivity contribution is -0.0769. The van der Waals surface area contributed by atoms with E-state index < -0.39 is 5.60 Å². The van der Waals surface area contributed by atoms with E-state index in [9.17, 15) is 4.79 Å². The van der Waals surface area contributed by atoms with E-state index in [2.05, 4.69) is 6.58 Å². The van der Waals surface area contributed by atoms with Crippen LogP contribution in [0.15, 0.2) is 12.3 Å². The van der Waals surface area contributed by atoms with Gasteiger partial charge >= 0.3 is 6.09 Å². The second kappa shape index (κ2) is 6.45. The summed E-state index contributed by atoms with van der Waals surface area (Å²) in [6, 6.07) is 0. The van der Waals surface area contributed by atoms with Crippen molar-refractivity contribution in [2.75, 3.05) is 13.1 Å². The highest BCUT2D eigenvalue weighted by Gasteiger charge is 2.53. The number of amides is 1. The van der Waals surface area contributed by atoms with E-state index >= 15 is 0 Å². The maximum absolute atomic E-state index is 12.2. The molecule has 5 fully saturated rings. The van der Waals surface area contributed by atoms with Crippen molar-refractivity contribution < 1.29 is 14.3 Å². The molecule has 4 aliphatic carbocycles. The number of rotatable bonds is 3. The third-order valence-corrected chi connectivity index (χ3v) is 7.03. The fourth-order valence-corrected chi connectivity index (χ4v) is 6.26. The number of ether oxygens (including phenoxy) is 2. The highest BCUT2D eigenvalue weighted by molar-refractivity contribution is 5.68. The summed E-state index contributed by atoms with van der Waals surface area (Å²) in [6.07, 6.45) is 10.0. The predicted molar refractivity (Wildman–Crippen MR) is 102 cm³/mol. The van der Waals surface area contributed by atoms with Crippen LogP contribution in [0.5, 0.6) is 0 Å². The second-order valence-corrected chi connectivity index (χ2v) is 10.4. The van der Waals surface area contributed by atoms with Crippen LogP contribution in [0.3, 0.4) is 0 Å². The van der Waals surface area contributed by atoms with Gasteiger partial charge in [-0.3, -0.25) is 0 Å². The molecule has 4 bridgehead atoms. The topological polar surface area (TPSA) is 38.8 Å². The fourth-order valence-electron chi connectivity index (χ4n) is 6.26. The third kappa shape index (κ3) is 3.61. The van der Waals surface area contributed by atoms with Crippen molar-refractivity contribution in [3.63, 3.8) is 0 Å². The standard InChI is InChI=1S/C22H35NO3/c1-15(22-12-16-9-17(13-22)11-18(10-16)14-22)25-19-5-7-23(8-6-19)20(24)26-21(2,3)4/h16-19H,1,5-14H2,2-4H3. The molecule has 4 saturated carbocycles. The van der Waals surface area contributed by atoms with Gasteiger partial charge in [-0.15, -0.1) is 0 Å². The van der Waals surface area contributed by atoms with Crippen molar-refractivity contribution >= 4 is 6.09 Å². The van der Waals surface area contributed by atoms with Gasteiger partial charge in [-0.1, -0.05) is 6.58 Å². The molecule has 5 aliphatic rings. The molecule has 1 amide bonds. The van der Waals surface area contributed by atoms with Gasteiger partial charge < -0.3 is 14.4 Å². The summed E-state index contributed by atoms with van der Waals surface area (Å²) >= 11 is 0. The lowest BCUT2D eigenvalue weighted by atomic mass is 9.49. The summed E-state index contributed by atoms with van der Waals surface area (Å²) in [6.45, 7) is 11.6. The molecule has 5 rings (SSSR count). The molecule has 0 N–H and O–H groups in total. The zero-order valence-corrected chi connectivity index (χ0v) is 16.8. The first-order valence-electron chi connectivity index (χ1n) is 10.6. The summed E-state index contributed by atoms with van der Waals surface area (Å²) < 4.78 is 11.9. The molecule has 4 heteroatoms. The van der Waals surface area contributed by atoms with Crippen molar-refractivity contribution in [3.05, 3.63) is 12.3 Å². The number of allylic oxidation sites excluding steroid dienone is 1. The zero-order valence-electron chi connectivity index (χ0n) is 16.8. The van der Waals surface area contributed by atoms with Crippen LogP contribution in [-0.2, 0) is 9.47 Å². The first-order chi connectivity index (χ1) is 12.2.